The Morgan fingerprint density at radius 2 is 1.82 bits per heavy atom. The van der Waals surface area contributed by atoms with Crippen LogP contribution in [0, 0.1) is 11.6 Å². The van der Waals surface area contributed by atoms with E-state index in [9.17, 15) is 8.78 Å². The summed E-state index contributed by atoms with van der Waals surface area (Å²) in [6.07, 6.45) is 6.41. The van der Waals surface area contributed by atoms with Crippen molar-refractivity contribution in [3.63, 3.8) is 0 Å². The van der Waals surface area contributed by atoms with Crippen LogP contribution in [0.15, 0.2) is 42.9 Å². The lowest BCUT2D eigenvalue weighted by Crippen LogP contribution is -2.40. The van der Waals surface area contributed by atoms with Gasteiger partial charge in [-0.2, -0.15) is 0 Å². The average Bonchev–Trinajstić information content (AvgIpc) is 2.69. The molecule has 2 N–H and O–H groups in total. The molecule has 144 valence electrons. The molecule has 3 aromatic rings. The zero-order valence-electron chi connectivity index (χ0n) is 14.9. The van der Waals surface area contributed by atoms with Crippen LogP contribution in [0.2, 0.25) is 5.02 Å². The van der Waals surface area contributed by atoms with Gasteiger partial charge in [-0.1, -0.05) is 11.6 Å². The Labute approximate surface area is 166 Å². The van der Waals surface area contributed by atoms with Crippen LogP contribution in [0.5, 0.6) is 0 Å². The Morgan fingerprint density at radius 3 is 2.54 bits per heavy atom. The first-order valence-electron chi connectivity index (χ1n) is 8.96. The van der Waals surface area contributed by atoms with Crippen LogP contribution >= 0.6 is 11.6 Å². The van der Waals surface area contributed by atoms with Gasteiger partial charge in [0.15, 0.2) is 0 Å². The van der Waals surface area contributed by atoms with E-state index in [4.69, 9.17) is 22.3 Å². The Morgan fingerprint density at radius 1 is 1.04 bits per heavy atom. The lowest BCUT2D eigenvalue weighted by molar-refractivity contribution is 0.498. The van der Waals surface area contributed by atoms with Gasteiger partial charge < -0.3 is 10.6 Å². The number of aromatic nitrogens is 3. The lowest BCUT2D eigenvalue weighted by Gasteiger charge is -2.31. The third kappa shape index (κ3) is 3.68. The highest BCUT2D eigenvalue weighted by Crippen LogP contribution is 2.35. The van der Waals surface area contributed by atoms with E-state index in [-0.39, 0.29) is 11.6 Å². The van der Waals surface area contributed by atoms with Crippen molar-refractivity contribution < 1.29 is 8.78 Å². The number of anilines is 1. The zero-order valence-corrected chi connectivity index (χ0v) is 15.7. The summed E-state index contributed by atoms with van der Waals surface area (Å²) in [4.78, 5) is 15.3. The Hall–Kier alpha value is -2.64. The first-order valence-corrected chi connectivity index (χ1v) is 9.33. The second-order valence-electron chi connectivity index (χ2n) is 6.73. The largest absolute Gasteiger partial charge is 0.355 e. The van der Waals surface area contributed by atoms with E-state index in [1.807, 2.05) is 0 Å². The maximum atomic E-state index is 14.5. The van der Waals surface area contributed by atoms with Crippen LogP contribution in [-0.2, 0) is 0 Å². The molecule has 1 aliphatic rings. The summed E-state index contributed by atoms with van der Waals surface area (Å²) in [5.74, 6) is -0.697. The number of nitrogens with two attached hydrogens (primary N) is 1. The van der Waals surface area contributed by atoms with Gasteiger partial charge in [-0.15, -0.1) is 0 Å². The fraction of sp³-hybridized carbons (Fsp3) is 0.250. The average molecular weight is 402 g/mol. The molecule has 1 fully saturated rings. The summed E-state index contributed by atoms with van der Waals surface area (Å²) in [5, 5.41) is 0.374. The number of nitrogens with zero attached hydrogens (tertiary/aromatic N) is 4. The van der Waals surface area contributed by atoms with Crippen molar-refractivity contribution in [1.82, 2.24) is 15.0 Å². The Bertz CT molecular complexity index is 1010. The topological polar surface area (TPSA) is 67.9 Å². The lowest BCUT2D eigenvalue weighted by atomic mass is 10.0. The molecule has 0 atom stereocenters. The van der Waals surface area contributed by atoms with E-state index in [0.717, 1.165) is 32.0 Å². The van der Waals surface area contributed by atoms with Crippen LogP contribution in [-0.4, -0.2) is 34.1 Å². The molecule has 8 heteroatoms. The normalized spacial score (nSPS) is 15.1. The molecule has 0 spiro atoms. The molecule has 0 bridgehead atoms. The first-order chi connectivity index (χ1) is 13.5. The van der Waals surface area contributed by atoms with Crippen molar-refractivity contribution in [2.24, 2.45) is 5.73 Å². The van der Waals surface area contributed by atoms with Crippen LogP contribution in [0.25, 0.3) is 22.5 Å². The van der Waals surface area contributed by atoms with Crippen LogP contribution in [0.3, 0.4) is 0 Å². The maximum Gasteiger partial charge on any atom is 0.147 e. The van der Waals surface area contributed by atoms with E-state index in [1.54, 1.807) is 18.5 Å². The highest BCUT2D eigenvalue weighted by atomic mass is 35.5. The fourth-order valence-corrected chi connectivity index (χ4v) is 3.50. The molecule has 3 heterocycles. The number of hydrogen-bond donors (Lipinski definition) is 1. The molecule has 0 aliphatic carbocycles. The highest BCUT2D eigenvalue weighted by molar-refractivity contribution is 6.33. The third-order valence-corrected chi connectivity index (χ3v) is 5.14. The van der Waals surface area contributed by atoms with Gasteiger partial charge in [0, 0.05) is 48.7 Å². The standard InChI is InChI=1S/C20H18ClF2N5/c21-16-10-25-6-3-14(16)20-19(15-2-1-12(22)9-17(15)23)26-11-18(27-20)28-7-4-13(24)5-8-28/h1-3,6,9-11,13H,4-5,7-8,24H2. The van der Waals surface area contributed by atoms with Crippen molar-refractivity contribution in [1.29, 1.82) is 0 Å². The van der Waals surface area contributed by atoms with Crippen molar-refractivity contribution in [2.45, 2.75) is 18.9 Å². The van der Waals surface area contributed by atoms with Crippen LogP contribution < -0.4 is 10.6 Å². The summed E-state index contributed by atoms with van der Waals surface area (Å²) in [6, 6.07) is 5.26. The van der Waals surface area contributed by atoms with E-state index >= 15 is 0 Å². The van der Waals surface area contributed by atoms with Crippen molar-refractivity contribution in [3.8, 4) is 22.5 Å². The summed E-state index contributed by atoms with van der Waals surface area (Å²) in [7, 11) is 0. The number of pyridine rings is 1. The first kappa shape index (κ1) is 18.7. The monoisotopic (exact) mass is 401 g/mol. The Kier molecular flexibility index (Phi) is 5.19. The van der Waals surface area contributed by atoms with Gasteiger partial charge >= 0.3 is 0 Å². The summed E-state index contributed by atoms with van der Waals surface area (Å²) < 4.78 is 27.8. The molecule has 4 rings (SSSR count). The number of halogens is 3. The van der Waals surface area contributed by atoms with Crippen molar-refractivity contribution in [3.05, 3.63) is 59.5 Å². The molecule has 1 aliphatic heterocycles. The zero-order chi connectivity index (χ0) is 19.7. The van der Waals surface area contributed by atoms with Gasteiger partial charge in [-0.3, -0.25) is 4.98 Å². The maximum absolute atomic E-state index is 14.5. The van der Waals surface area contributed by atoms with Crippen molar-refractivity contribution in [2.75, 3.05) is 18.0 Å². The molecule has 0 amide bonds. The summed E-state index contributed by atoms with van der Waals surface area (Å²) in [5.41, 5.74) is 7.44. The van der Waals surface area contributed by atoms with Gasteiger partial charge in [0.1, 0.15) is 23.1 Å². The SMILES string of the molecule is NC1CCN(c2cnc(-c3ccc(F)cc3F)c(-c3ccncc3Cl)n2)CC1. The van der Waals surface area contributed by atoms with Gasteiger partial charge in [0.05, 0.1) is 16.9 Å². The van der Waals surface area contributed by atoms with E-state index in [1.165, 1.54) is 18.3 Å². The molecular formula is C20H18ClF2N5. The predicted octanol–water partition coefficient (Wildman–Crippen LogP) is 4.06. The Balaban J connectivity index is 1.85. The predicted molar refractivity (Wildman–Crippen MR) is 105 cm³/mol. The molecule has 0 saturated carbocycles. The summed E-state index contributed by atoms with van der Waals surface area (Å²) >= 11 is 6.33. The second kappa shape index (κ2) is 7.77. The number of rotatable bonds is 3. The van der Waals surface area contributed by atoms with E-state index < -0.39 is 11.6 Å². The quantitative estimate of drug-likeness (QED) is 0.716. The molecule has 5 nitrogen and oxygen atoms in total. The molecule has 0 unspecified atom stereocenters. The van der Waals surface area contributed by atoms with Crippen LogP contribution in [0.4, 0.5) is 14.6 Å². The molecule has 1 aromatic carbocycles. The minimum Gasteiger partial charge on any atom is -0.355 e. The second-order valence-corrected chi connectivity index (χ2v) is 7.14. The van der Waals surface area contributed by atoms with Crippen LogP contribution in [0.1, 0.15) is 12.8 Å². The van der Waals surface area contributed by atoms with Gasteiger partial charge in [0.25, 0.3) is 0 Å². The van der Waals surface area contributed by atoms with Crippen molar-refractivity contribution >= 4 is 17.4 Å². The minimum atomic E-state index is -0.711. The molecular weight excluding hydrogens is 384 g/mol. The minimum absolute atomic E-state index is 0.156. The van der Waals surface area contributed by atoms with Gasteiger partial charge in [0.2, 0.25) is 0 Å². The highest BCUT2D eigenvalue weighted by Gasteiger charge is 2.22. The smallest absolute Gasteiger partial charge is 0.147 e. The van der Waals surface area contributed by atoms with Gasteiger partial charge in [-0.25, -0.2) is 18.7 Å². The number of benzene rings is 1. The molecule has 1 saturated heterocycles. The van der Waals surface area contributed by atoms with Gasteiger partial charge in [-0.05, 0) is 31.0 Å². The molecule has 2 aromatic heterocycles. The van der Waals surface area contributed by atoms with E-state index in [0.29, 0.717) is 27.8 Å². The summed E-state index contributed by atoms with van der Waals surface area (Å²) in [6.45, 7) is 1.53. The third-order valence-electron chi connectivity index (χ3n) is 4.84. The molecule has 0 radical (unpaired) electrons. The fourth-order valence-electron chi connectivity index (χ4n) is 3.29. The van der Waals surface area contributed by atoms with E-state index in [2.05, 4.69) is 14.9 Å². The molecule has 28 heavy (non-hydrogen) atoms. The number of hydrogen-bond acceptors (Lipinski definition) is 5. The number of piperidine rings is 1.